The Morgan fingerprint density at radius 3 is 2.96 bits per heavy atom. The van der Waals surface area contributed by atoms with Crippen LogP contribution in [-0.2, 0) is 16.1 Å². The zero-order valence-corrected chi connectivity index (χ0v) is 14.1. The Bertz CT molecular complexity index is 661. The topological polar surface area (TPSA) is 65.4 Å². The minimum Gasteiger partial charge on any atom is -0.491 e. The number of halogens is 2. The van der Waals surface area contributed by atoms with Gasteiger partial charge in [0.25, 0.3) is 0 Å². The molecule has 23 heavy (non-hydrogen) atoms. The quantitative estimate of drug-likeness (QED) is 0.787. The average molecular weight is 358 g/mol. The lowest BCUT2D eigenvalue weighted by Crippen LogP contribution is -2.15. The van der Waals surface area contributed by atoms with E-state index in [0.29, 0.717) is 34.6 Å². The normalized spacial score (nSPS) is 10.6. The highest BCUT2D eigenvalue weighted by Gasteiger charge is 2.08. The Hall–Kier alpha value is -1.76. The predicted molar refractivity (Wildman–Crippen MR) is 89.3 cm³/mol. The Balaban J connectivity index is 1.77. The molecular formula is C15H17Cl2N3O3. The number of hydrogen-bond donors (Lipinski definition) is 1. The summed E-state index contributed by atoms with van der Waals surface area (Å²) in [7, 11) is 1.62. The minimum atomic E-state index is -0.172. The molecule has 1 N–H and O–H groups in total. The van der Waals surface area contributed by atoms with E-state index in [4.69, 9.17) is 32.7 Å². The maximum Gasteiger partial charge on any atom is 0.227 e. The van der Waals surface area contributed by atoms with Gasteiger partial charge >= 0.3 is 0 Å². The molecule has 2 rings (SSSR count). The van der Waals surface area contributed by atoms with Gasteiger partial charge in [0.05, 0.1) is 43.1 Å². The first-order valence-electron chi connectivity index (χ1n) is 6.98. The summed E-state index contributed by atoms with van der Waals surface area (Å²) in [4.78, 5) is 11.9. The van der Waals surface area contributed by atoms with Crippen LogP contribution in [-0.4, -0.2) is 36.0 Å². The molecule has 0 radical (unpaired) electrons. The van der Waals surface area contributed by atoms with E-state index in [-0.39, 0.29) is 18.9 Å². The summed E-state index contributed by atoms with van der Waals surface area (Å²) in [6, 6.07) is 5.11. The molecule has 6 nitrogen and oxygen atoms in total. The Morgan fingerprint density at radius 1 is 1.35 bits per heavy atom. The van der Waals surface area contributed by atoms with Crippen LogP contribution in [0.4, 0.5) is 5.69 Å². The molecule has 2 aromatic rings. The van der Waals surface area contributed by atoms with E-state index in [1.54, 1.807) is 42.4 Å². The van der Waals surface area contributed by atoms with Gasteiger partial charge in [-0.05, 0) is 12.1 Å². The maximum atomic E-state index is 11.9. The first-order chi connectivity index (χ1) is 11.1. The van der Waals surface area contributed by atoms with Gasteiger partial charge in [-0.3, -0.25) is 9.48 Å². The fourth-order valence-electron chi connectivity index (χ4n) is 1.81. The van der Waals surface area contributed by atoms with Crippen molar-refractivity contribution in [2.75, 3.05) is 25.6 Å². The number of nitrogens with one attached hydrogen (secondary N) is 1. The van der Waals surface area contributed by atoms with Gasteiger partial charge in [0.1, 0.15) is 10.8 Å². The van der Waals surface area contributed by atoms with E-state index in [2.05, 4.69) is 10.4 Å². The number of hydrogen-bond acceptors (Lipinski definition) is 4. The van der Waals surface area contributed by atoms with Crippen LogP contribution in [0, 0.1) is 0 Å². The second-order valence-electron chi connectivity index (χ2n) is 4.68. The third-order valence-corrected chi connectivity index (χ3v) is 3.75. The van der Waals surface area contributed by atoms with E-state index in [9.17, 15) is 4.79 Å². The van der Waals surface area contributed by atoms with E-state index < -0.39 is 0 Å². The van der Waals surface area contributed by atoms with Crippen molar-refractivity contribution in [3.8, 4) is 5.75 Å². The van der Waals surface area contributed by atoms with Gasteiger partial charge in [0.15, 0.2) is 0 Å². The molecule has 1 aromatic carbocycles. The molecule has 0 aliphatic rings. The highest BCUT2D eigenvalue weighted by Crippen LogP contribution is 2.31. The van der Waals surface area contributed by atoms with Crippen molar-refractivity contribution in [2.45, 2.75) is 13.0 Å². The van der Waals surface area contributed by atoms with Crippen LogP contribution in [0.25, 0.3) is 0 Å². The first-order valence-corrected chi connectivity index (χ1v) is 7.74. The van der Waals surface area contributed by atoms with Crippen LogP contribution >= 0.6 is 23.2 Å². The SMILES string of the molecule is COCCn1cc(NC(=O)CCOc2cccc(Cl)c2Cl)cn1. The van der Waals surface area contributed by atoms with Crippen LogP contribution in [0.1, 0.15) is 6.42 Å². The fraction of sp³-hybridized carbons (Fsp3) is 0.333. The number of rotatable bonds is 8. The first kappa shape index (κ1) is 17.6. The molecule has 0 saturated heterocycles. The fourth-order valence-corrected chi connectivity index (χ4v) is 2.15. The minimum absolute atomic E-state index is 0.172. The van der Waals surface area contributed by atoms with Crippen LogP contribution in [0.2, 0.25) is 10.0 Å². The highest BCUT2D eigenvalue weighted by atomic mass is 35.5. The molecule has 0 aliphatic heterocycles. The molecule has 0 unspecified atom stereocenters. The largest absolute Gasteiger partial charge is 0.491 e. The molecule has 124 valence electrons. The summed E-state index contributed by atoms with van der Waals surface area (Å²) < 4.78 is 12.1. The third kappa shape index (κ3) is 5.42. The summed E-state index contributed by atoms with van der Waals surface area (Å²) in [5, 5.41) is 7.62. The molecular weight excluding hydrogens is 341 g/mol. The summed E-state index contributed by atoms with van der Waals surface area (Å²) >= 11 is 11.9. The molecule has 0 aliphatic carbocycles. The standard InChI is InChI=1S/C15H17Cl2N3O3/c1-22-8-6-20-10-11(9-18-20)19-14(21)5-7-23-13-4-2-3-12(16)15(13)17/h2-4,9-10H,5-8H2,1H3,(H,19,21). The van der Waals surface area contributed by atoms with Crippen molar-refractivity contribution >= 4 is 34.8 Å². The second kappa shape index (κ2) is 8.76. The Labute approximate surface area is 144 Å². The van der Waals surface area contributed by atoms with E-state index >= 15 is 0 Å². The summed E-state index contributed by atoms with van der Waals surface area (Å²) in [5.41, 5.74) is 0.631. The van der Waals surface area contributed by atoms with Crippen molar-refractivity contribution < 1.29 is 14.3 Å². The van der Waals surface area contributed by atoms with Gasteiger partial charge in [0.2, 0.25) is 5.91 Å². The Kier molecular flexibility index (Phi) is 6.70. The van der Waals surface area contributed by atoms with Gasteiger partial charge in [-0.2, -0.15) is 5.10 Å². The van der Waals surface area contributed by atoms with Crippen molar-refractivity contribution in [3.63, 3.8) is 0 Å². The average Bonchev–Trinajstić information content (AvgIpc) is 2.97. The van der Waals surface area contributed by atoms with E-state index in [1.165, 1.54) is 0 Å². The monoisotopic (exact) mass is 357 g/mol. The van der Waals surface area contributed by atoms with E-state index in [0.717, 1.165) is 0 Å². The van der Waals surface area contributed by atoms with Gasteiger partial charge in [-0.25, -0.2) is 0 Å². The molecule has 1 heterocycles. The van der Waals surface area contributed by atoms with Gasteiger partial charge in [0, 0.05) is 13.3 Å². The number of nitrogens with zero attached hydrogens (tertiary/aromatic N) is 2. The number of aromatic nitrogens is 2. The van der Waals surface area contributed by atoms with Crippen LogP contribution in [0.15, 0.2) is 30.6 Å². The third-order valence-electron chi connectivity index (χ3n) is 2.94. The van der Waals surface area contributed by atoms with Crippen molar-refractivity contribution in [1.29, 1.82) is 0 Å². The molecule has 1 aromatic heterocycles. The lowest BCUT2D eigenvalue weighted by atomic mass is 10.3. The zero-order chi connectivity index (χ0) is 16.7. The Morgan fingerprint density at radius 2 is 2.17 bits per heavy atom. The predicted octanol–water partition coefficient (Wildman–Crippen LogP) is 3.24. The second-order valence-corrected chi connectivity index (χ2v) is 5.47. The number of carbonyl (C=O) groups excluding carboxylic acids is 1. The number of carbonyl (C=O) groups is 1. The molecule has 0 fully saturated rings. The van der Waals surface area contributed by atoms with Crippen LogP contribution in [0.5, 0.6) is 5.75 Å². The van der Waals surface area contributed by atoms with Gasteiger partial charge in [-0.1, -0.05) is 29.3 Å². The smallest absolute Gasteiger partial charge is 0.227 e. The van der Waals surface area contributed by atoms with Crippen LogP contribution < -0.4 is 10.1 Å². The van der Waals surface area contributed by atoms with Crippen molar-refractivity contribution in [2.24, 2.45) is 0 Å². The molecule has 8 heteroatoms. The van der Waals surface area contributed by atoms with Gasteiger partial charge in [-0.15, -0.1) is 0 Å². The van der Waals surface area contributed by atoms with Crippen LogP contribution in [0.3, 0.4) is 0 Å². The van der Waals surface area contributed by atoms with Gasteiger partial charge < -0.3 is 14.8 Å². The van der Waals surface area contributed by atoms with E-state index in [1.807, 2.05) is 0 Å². The summed E-state index contributed by atoms with van der Waals surface area (Å²) in [5.74, 6) is 0.286. The zero-order valence-electron chi connectivity index (χ0n) is 12.6. The number of methoxy groups -OCH3 is 1. The molecule has 0 spiro atoms. The number of benzene rings is 1. The highest BCUT2D eigenvalue weighted by molar-refractivity contribution is 6.42. The number of ether oxygens (including phenoxy) is 2. The lowest BCUT2D eigenvalue weighted by molar-refractivity contribution is -0.116. The summed E-state index contributed by atoms with van der Waals surface area (Å²) in [6.45, 7) is 1.38. The van der Waals surface area contributed by atoms with Crippen molar-refractivity contribution in [3.05, 3.63) is 40.6 Å². The molecule has 0 atom stereocenters. The molecule has 0 saturated carbocycles. The molecule has 0 bridgehead atoms. The lowest BCUT2D eigenvalue weighted by Gasteiger charge is -2.08. The number of amides is 1. The molecule has 1 amide bonds. The summed E-state index contributed by atoms with van der Waals surface area (Å²) in [6.07, 6.45) is 3.51. The number of anilines is 1. The maximum absolute atomic E-state index is 11.9. The van der Waals surface area contributed by atoms with Crippen molar-refractivity contribution in [1.82, 2.24) is 9.78 Å².